The van der Waals surface area contributed by atoms with E-state index in [9.17, 15) is 5.11 Å². The Balaban J connectivity index is 1.70. The minimum atomic E-state index is -0.238. The van der Waals surface area contributed by atoms with Gasteiger partial charge >= 0.3 is 0 Å². The summed E-state index contributed by atoms with van der Waals surface area (Å²) in [5, 5.41) is 14.6. The third-order valence-corrected chi connectivity index (χ3v) is 5.75. The summed E-state index contributed by atoms with van der Waals surface area (Å²) in [5.41, 5.74) is 5.95. The highest BCUT2D eigenvalue weighted by Gasteiger charge is 2.29. The van der Waals surface area contributed by atoms with E-state index in [4.69, 9.17) is 4.98 Å². The molecule has 0 amide bonds. The van der Waals surface area contributed by atoms with Gasteiger partial charge < -0.3 is 15.3 Å². The van der Waals surface area contributed by atoms with E-state index in [0.717, 1.165) is 52.4 Å². The smallest absolute Gasteiger partial charge is 0.145 e. The zero-order valence-electron chi connectivity index (χ0n) is 16.6. The van der Waals surface area contributed by atoms with Crippen LogP contribution in [0.4, 0.5) is 11.4 Å². The van der Waals surface area contributed by atoms with Crippen molar-refractivity contribution in [3.8, 4) is 17.1 Å². The van der Waals surface area contributed by atoms with Crippen molar-refractivity contribution in [1.82, 2.24) is 9.55 Å². The van der Waals surface area contributed by atoms with E-state index < -0.39 is 0 Å². The Hall–Kier alpha value is -3.47. The molecule has 2 heterocycles. The van der Waals surface area contributed by atoms with Crippen LogP contribution in [0.25, 0.3) is 22.4 Å². The number of nitrogens with one attached hydrogen (secondary N) is 1. The first-order chi connectivity index (χ1) is 14.2. The molecule has 1 aromatic heterocycles. The molecule has 0 aliphatic carbocycles. The second-order valence-corrected chi connectivity index (χ2v) is 7.30. The normalized spacial score (nSPS) is 14.9. The van der Waals surface area contributed by atoms with Crippen LogP contribution in [0, 0.1) is 0 Å². The van der Waals surface area contributed by atoms with E-state index in [0.29, 0.717) is 0 Å². The Morgan fingerprint density at radius 1 is 1.00 bits per heavy atom. The number of rotatable bonds is 4. The molecular formula is C24H24N4O. The number of benzene rings is 3. The molecule has 5 nitrogen and oxygen atoms in total. The third kappa shape index (κ3) is 2.73. The number of anilines is 2. The van der Waals surface area contributed by atoms with Crippen LogP contribution in [0.5, 0.6) is 5.75 Å². The van der Waals surface area contributed by atoms with Gasteiger partial charge in [0.15, 0.2) is 0 Å². The maximum atomic E-state index is 11.0. The molecule has 1 aliphatic rings. The SMILES string of the molecule is CCN(CC)c1ccc([C@@H]2Nc3ccccc3-c3nc4ccccc4n32)c(O)c1. The molecule has 3 aromatic carbocycles. The molecule has 4 aromatic rings. The summed E-state index contributed by atoms with van der Waals surface area (Å²) >= 11 is 0. The summed E-state index contributed by atoms with van der Waals surface area (Å²) in [4.78, 5) is 7.13. The minimum Gasteiger partial charge on any atom is -0.507 e. The lowest BCUT2D eigenvalue weighted by Crippen LogP contribution is -2.25. The fraction of sp³-hybridized carbons (Fsp3) is 0.208. The fourth-order valence-corrected chi connectivity index (χ4v) is 4.28. The number of imidazole rings is 1. The summed E-state index contributed by atoms with van der Waals surface area (Å²) in [7, 11) is 0. The predicted molar refractivity (Wildman–Crippen MR) is 119 cm³/mol. The summed E-state index contributed by atoms with van der Waals surface area (Å²) in [5.74, 6) is 1.20. The summed E-state index contributed by atoms with van der Waals surface area (Å²) in [6.07, 6.45) is -0.238. The molecule has 29 heavy (non-hydrogen) atoms. The Morgan fingerprint density at radius 3 is 2.55 bits per heavy atom. The molecule has 1 aliphatic heterocycles. The number of phenols is 1. The zero-order chi connectivity index (χ0) is 20.0. The summed E-state index contributed by atoms with van der Waals surface area (Å²) in [6, 6.07) is 22.3. The second kappa shape index (κ2) is 6.85. The average molecular weight is 384 g/mol. The quantitative estimate of drug-likeness (QED) is 0.506. The average Bonchev–Trinajstić information content (AvgIpc) is 3.14. The second-order valence-electron chi connectivity index (χ2n) is 7.30. The molecule has 0 bridgehead atoms. The van der Waals surface area contributed by atoms with E-state index in [-0.39, 0.29) is 11.9 Å². The van der Waals surface area contributed by atoms with Crippen molar-refractivity contribution in [3.63, 3.8) is 0 Å². The minimum absolute atomic E-state index is 0.238. The molecule has 0 radical (unpaired) electrons. The zero-order valence-corrected chi connectivity index (χ0v) is 16.6. The van der Waals surface area contributed by atoms with E-state index in [1.165, 1.54) is 0 Å². The van der Waals surface area contributed by atoms with Gasteiger partial charge in [-0.15, -0.1) is 0 Å². The lowest BCUT2D eigenvalue weighted by Gasteiger charge is -2.31. The number of nitrogens with zero attached hydrogens (tertiary/aromatic N) is 3. The van der Waals surface area contributed by atoms with Crippen LogP contribution >= 0.6 is 0 Å². The Labute approximate surface area is 170 Å². The number of aromatic hydroxyl groups is 1. The Morgan fingerprint density at radius 2 is 1.76 bits per heavy atom. The number of hydrogen-bond acceptors (Lipinski definition) is 4. The highest BCUT2D eigenvalue weighted by molar-refractivity contribution is 5.87. The molecule has 0 unspecified atom stereocenters. The molecule has 146 valence electrons. The van der Waals surface area contributed by atoms with Gasteiger partial charge in [0.25, 0.3) is 0 Å². The first-order valence-electron chi connectivity index (χ1n) is 10.1. The van der Waals surface area contributed by atoms with Crippen LogP contribution in [0.15, 0.2) is 66.7 Å². The van der Waals surface area contributed by atoms with E-state index in [1.807, 2.05) is 42.5 Å². The number of para-hydroxylation sites is 3. The van der Waals surface area contributed by atoms with E-state index in [2.05, 4.69) is 52.9 Å². The third-order valence-electron chi connectivity index (χ3n) is 5.75. The molecule has 1 atom stereocenters. The van der Waals surface area contributed by atoms with Gasteiger partial charge in [-0.2, -0.15) is 0 Å². The van der Waals surface area contributed by atoms with Crippen molar-refractivity contribution in [2.24, 2.45) is 0 Å². The van der Waals surface area contributed by atoms with E-state index in [1.54, 1.807) is 0 Å². The van der Waals surface area contributed by atoms with Crippen LogP contribution in [-0.4, -0.2) is 27.7 Å². The lowest BCUT2D eigenvalue weighted by molar-refractivity contribution is 0.459. The molecule has 0 saturated carbocycles. The first kappa shape index (κ1) is 17.6. The fourth-order valence-electron chi connectivity index (χ4n) is 4.28. The maximum Gasteiger partial charge on any atom is 0.145 e. The van der Waals surface area contributed by atoms with Crippen LogP contribution in [0.3, 0.4) is 0 Å². The monoisotopic (exact) mass is 384 g/mol. The summed E-state index contributed by atoms with van der Waals surface area (Å²) in [6.45, 7) is 6.05. The highest BCUT2D eigenvalue weighted by Crippen LogP contribution is 2.42. The van der Waals surface area contributed by atoms with Crippen molar-refractivity contribution in [2.45, 2.75) is 20.0 Å². The van der Waals surface area contributed by atoms with Gasteiger partial charge in [-0.05, 0) is 50.2 Å². The standard InChI is InChI=1S/C24H24N4O/c1-3-27(4-2)16-13-14-18(22(29)15-16)24-25-19-10-6-5-9-17(19)23-26-20-11-7-8-12-21(20)28(23)24/h5-15,24-25,29H,3-4H2,1-2H3/t24-/m1/s1. The first-order valence-corrected chi connectivity index (χ1v) is 10.1. The van der Waals surface area contributed by atoms with Gasteiger partial charge in [-0.3, -0.25) is 4.57 Å². The number of aromatic nitrogens is 2. The van der Waals surface area contributed by atoms with Gasteiger partial charge in [-0.25, -0.2) is 4.98 Å². The van der Waals surface area contributed by atoms with Crippen molar-refractivity contribution >= 4 is 22.4 Å². The van der Waals surface area contributed by atoms with Gasteiger partial charge in [-0.1, -0.05) is 24.3 Å². The van der Waals surface area contributed by atoms with Crippen molar-refractivity contribution in [1.29, 1.82) is 0 Å². The highest BCUT2D eigenvalue weighted by atomic mass is 16.3. The lowest BCUT2D eigenvalue weighted by atomic mass is 10.0. The van der Waals surface area contributed by atoms with E-state index >= 15 is 0 Å². The molecule has 0 saturated heterocycles. The van der Waals surface area contributed by atoms with Crippen molar-refractivity contribution in [2.75, 3.05) is 23.3 Å². The maximum absolute atomic E-state index is 11.0. The van der Waals surface area contributed by atoms with Crippen molar-refractivity contribution in [3.05, 3.63) is 72.3 Å². The van der Waals surface area contributed by atoms with Gasteiger partial charge in [0.2, 0.25) is 0 Å². The van der Waals surface area contributed by atoms with Crippen molar-refractivity contribution < 1.29 is 5.11 Å². The van der Waals surface area contributed by atoms with Crippen LogP contribution in [0.1, 0.15) is 25.6 Å². The Kier molecular flexibility index (Phi) is 4.16. The van der Waals surface area contributed by atoms with Crippen LogP contribution in [0.2, 0.25) is 0 Å². The number of hydrogen-bond donors (Lipinski definition) is 2. The number of fused-ring (bicyclic) bond motifs is 5. The largest absolute Gasteiger partial charge is 0.507 e. The van der Waals surface area contributed by atoms with Gasteiger partial charge in [0, 0.05) is 41.7 Å². The number of phenolic OH excluding ortho intramolecular Hbond substituents is 1. The Bertz CT molecular complexity index is 1190. The topological polar surface area (TPSA) is 53.3 Å². The molecule has 5 rings (SSSR count). The molecule has 0 fully saturated rings. The summed E-state index contributed by atoms with van der Waals surface area (Å²) < 4.78 is 2.18. The molecule has 5 heteroatoms. The molecular weight excluding hydrogens is 360 g/mol. The van der Waals surface area contributed by atoms with Gasteiger partial charge in [0.05, 0.1) is 11.0 Å². The van der Waals surface area contributed by atoms with Crippen LogP contribution in [-0.2, 0) is 0 Å². The molecule has 0 spiro atoms. The molecule has 2 N–H and O–H groups in total. The van der Waals surface area contributed by atoms with Gasteiger partial charge in [0.1, 0.15) is 17.7 Å². The van der Waals surface area contributed by atoms with Crippen LogP contribution < -0.4 is 10.2 Å². The predicted octanol–water partition coefficient (Wildman–Crippen LogP) is 5.23.